The van der Waals surface area contributed by atoms with Crippen LogP contribution in [-0.2, 0) is 0 Å². The van der Waals surface area contributed by atoms with Gasteiger partial charge in [0.15, 0.2) is 5.15 Å². The topological polar surface area (TPSA) is 35.0 Å². The maximum Gasteiger partial charge on any atom is 0.152 e. The van der Waals surface area contributed by atoms with Gasteiger partial charge in [0.2, 0.25) is 0 Å². The van der Waals surface area contributed by atoms with Crippen LogP contribution in [0.2, 0.25) is 5.15 Å². The van der Waals surface area contributed by atoms with Crippen molar-refractivity contribution >= 4 is 11.6 Å². The molecule has 3 aromatic rings. The number of benzene rings is 2. The molecule has 3 nitrogen and oxygen atoms in total. The van der Waals surface area contributed by atoms with Gasteiger partial charge in [-0.25, -0.2) is 0 Å². The lowest BCUT2D eigenvalue weighted by molar-refractivity contribution is 0.415. The third kappa shape index (κ3) is 2.88. The summed E-state index contributed by atoms with van der Waals surface area (Å²) in [5.41, 5.74) is 3.79. The van der Waals surface area contributed by atoms with E-state index in [1.165, 1.54) is 0 Å². The first-order valence-electron chi connectivity index (χ1n) is 6.51. The molecule has 0 saturated heterocycles. The van der Waals surface area contributed by atoms with E-state index in [9.17, 15) is 0 Å². The van der Waals surface area contributed by atoms with Crippen molar-refractivity contribution < 1.29 is 4.74 Å². The smallest absolute Gasteiger partial charge is 0.152 e. The van der Waals surface area contributed by atoms with Gasteiger partial charge in [-0.15, -0.1) is 10.2 Å². The number of rotatable bonds is 3. The third-order valence-corrected chi connectivity index (χ3v) is 3.40. The van der Waals surface area contributed by atoms with E-state index in [0.29, 0.717) is 5.15 Å². The molecule has 0 spiro atoms. The number of methoxy groups -OCH3 is 1. The molecule has 0 N–H and O–H groups in total. The average molecular weight is 297 g/mol. The highest BCUT2D eigenvalue weighted by Crippen LogP contribution is 2.32. The van der Waals surface area contributed by atoms with Crippen LogP contribution in [0.5, 0.6) is 5.75 Å². The van der Waals surface area contributed by atoms with Crippen molar-refractivity contribution in [2.75, 3.05) is 7.11 Å². The molecule has 0 bridgehead atoms. The van der Waals surface area contributed by atoms with Gasteiger partial charge in [-0.05, 0) is 23.8 Å². The van der Waals surface area contributed by atoms with E-state index in [2.05, 4.69) is 10.2 Å². The van der Waals surface area contributed by atoms with Crippen molar-refractivity contribution in [1.29, 1.82) is 0 Å². The predicted molar refractivity (Wildman–Crippen MR) is 84.5 cm³/mol. The second kappa shape index (κ2) is 5.94. The van der Waals surface area contributed by atoms with Gasteiger partial charge in [0, 0.05) is 11.1 Å². The Bertz CT molecular complexity index is 742. The van der Waals surface area contributed by atoms with Gasteiger partial charge in [-0.2, -0.15) is 0 Å². The minimum Gasteiger partial charge on any atom is -0.497 e. The van der Waals surface area contributed by atoms with Crippen LogP contribution in [0.3, 0.4) is 0 Å². The number of ether oxygens (including phenoxy) is 1. The van der Waals surface area contributed by atoms with Crippen molar-refractivity contribution in [1.82, 2.24) is 10.2 Å². The first-order valence-corrected chi connectivity index (χ1v) is 6.89. The van der Waals surface area contributed by atoms with Gasteiger partial charge in [0.05, 0.1) is 7.11 Å². The van der Waals surface area contributed by atoms with Crippen molar-refractivity contribution in [2.45, 2.75) is 0 Å². The van der Waals surface area contributed by atoms with Gasteiger partial charge in [0.1, 0.15) is 11.4 Å². The molecule has 104 valence electrons. The molecular formula is C17H13ClN2O. The van der Waals surface area contributed by atoms with E-state index < -0.39 is 0 Å². The van der Waals surface area contributed by atoms with E-state index in [4.69, 9.17) is 16.3 Å². The van der Waals surface area contributed by atoms with E-state index in [-0.39, 0.29) is 0 Å². The Kier molecular flexibility index (Phi) is 3.84. The Morgan fingerprint density at radius 2 is 1.57 bits per heavy atom. The highest BCUT2D eigenvalue weighted by molar-refractivity contribution is 6.29. The maximum atomic E-state index is 6.01. The Balaban J connectivity index is 2.14. The van der Waals surface area contributed by atoms with E-state index in [1.807, 2.05) is 60.7 Å². The van der Waals surface area contributed by atoms with Crippen LogP contribution in [0, 0.1) is 0 Å². The molecule has 4 heteroatoms. The quantitative estimate of drug-likeness (QED) is 0.715. The highest BCUT2D eigenvalue weighted by atomic mass is 35.5. The molecular weight excluding hydrogens is 284 g/mol. The van der Waals surface area contributed by atoms with Gasteiger partial charge >= 0.3 is 0 Å². The zero-order valence-electron chi connectivity index (χ0n) is 11.5. The predicted octanol–water partition coefficient (Wildman–Crippen LogP) is 4.47. The molecule has 0 saturated carbocycles. The van der Waals surface area contributed by atoms with Crippen LogP contribution in [0.4, 0.5) is 0 Å². The largest absolute Gasteiger partial charge is 0.497 e. The molecule has 0 atom stereocenters. The molecule has 0 aliphatic rings. The summed E-state index contributed by atoms with van der Waals surface area (Å²) in [7, 11) is 1.65. The van der Waals surface area contributed by atoms with E-state index >= 15 is 0 Å². The number of hydrogen-bond donors (Lipinski definition) is 0. The second-order valence-electron chi connectivity index (χ2n) is 4.52. The van der Waals surface area contributed by atoms with E-state index in [0.717, 1.165) is 28.1 Å². The first-order chi connectivity index (χ1) is 10.3. The van der Waals surface area contributed by atoms with Crippen LogP contribution >= 0.6 is 11.6 Å². The Morgan fingerprint density at radius 3 is 2.24 bits per heavy atom. The number of hydrogen-bond acceptors (Lipinski definition) is 3. The molecule has 21 heavy (non-hydrogen) atoms. The third-order valence-electron chi connectivity index (χ3n) is 3.21. The monoisotopic (exact) mass is 296 g/mol. The van der Waals surface area contributed by atoms with E-state index in [1.54, 1.807) is 7.11 Å². The van der Waals surface area contributed by atoms with Crippen LogP contribution in [0.1, 0.15) is 0 Å². The number of nitrogens with zero attached hydrogens (tertiary/aromatic N) is 2. The van der Waals surface area contributed by atoms with Gasteiger partial charge < -0.3 is 4.74 Å². The minimum atomic E-state index is 0.375. The van der Waals surface area contributed by atoms with Crippen LogP contribution in [0.15, 0.2) is 60.7 Å². The molecule has 0 aliphatic heterocycles. The molecule has 1 heterocycles. The summed E-state index contributed by atoms with van der Waals surface area (Å²) in [5, 5.41) is 8.60. The SMILES string of the molecule is COc1ccc(-c2cc(Cl)nnc2-c2ccccc2)cc1. The summed E-state index contributed by atoms with van der Waals surface area (Å²) in [6.07, 6.45) is 0. The number of aromatic nitrogens is 2. The average Bonchev–Trinajstić information content (AvgIpc) is 2.56. The van der Waals surface area contributed by atoms with Gasteiger partial charge in [-0.1, -0.05) is 54.1 Å². The van der Waals surface area contributed by atoms with Crippen LogP contribution in [0.25, 0.3) is 22.4 Å². The zero-order valence-corrected chi connectivity index (χ0v) is 12.2. The summed E-state index contributed by atoms with van der Waals surface area (Å²) in [5.74, 6) is 0.813. The van der Waals surface area contributed by atoms with Gasteiger partial charge in [0.25, 0.3) is 0 Å². The Hall–Kier alpha value is -2.39. The molecule has 0 unspecified atom stereocenters. The molecule has 3 rings (SSSR count). The molecule has 0 fully saturated rings. The summed E-state index contributed by atoms with van der Waals surface area (Å²) in [6, 6.07) is 19.6. The van der Waals surface area contributed by atoms with Gasteiger partial charge in [-0.3, -0.25) is 0 Å². The van der Waals surface area contributed by atoms with Crippen molar-refractivity contribution in [3.8, 4) is 28.1 Å². The summed E-state index contributed by atoms with van der Waals surface area (Å²) in [4.78, 5) is 0. The van der Waals surface area contributed by atoms with Crippen molar-refractivity contribution in [3.63, 3.8) is 0 Å². The molecule has 0 amide bonds. The lowest BCUT2D eigenvalue weighted by atomic mass is 10.0. The lowest BCUT2D eigenvalue weighted by Crippen LogP contribution is -1.93. The maximum absolute atomic E-state index is 6.01. The van der Waals surface area contributed by atoms with Crippen molar-refractivity contribution in [2.24, 2.45) is 0 Å². The zero-order chi connectivity index (χ0) is 14.7. The standard InChI is InChI=1S/C17H13ClN2O/c1-21-14-9-7-12(8-10-14)15-11-16(18)19-20-17(15)13-5-3-2-4-6-13/h2-11H,1H3. The minimum absolute atomic E-state index is 0.375. The Morgan fingerprint density at radius 1 is 0.857 bits per heavy atom. The van der Waals surface area contributed by atoms with Crippen LogP contribution in [-0.4, -0.2) is 17.3 Å². The second-order valence-corrected chi connectivity index (χ2v) is 4.91. The fourth-order valence-electron chi connectivity index (χ4n) is 2.17. The Labute approximate surface area is 128 Å². The lowest BCUT2D eigenvalue weighted by Gasteiger charge is -2.09. The molecule has 0 radical (unpaired) electrons. The fraction of sp³-hybridized carbons (Fsp3) is 0.0588. The molecule has 1 aromatic heterocycles. The summed E-state index contributed by atoms with van der Waals surface area (Å²) in [6.45, 7) is 0. The molecule has 2 aromatic carbocycles. The number of halogens is 1. The highest BCUT2D eigenvalue weighted by Gasteiger charge is 2.11. The molecule has 0 aliphatic carbocycles. The fourth-order valence-corrected chi connectivity index (χ4v) is 2.31. The first kappa shape index (κ1) is 13.6. The van der Waals surface area contributed by atoms with Crippen LogP contribution < -0.4 is 4.74 Å². The summed E-state index contributed by atoms with van der Waals surface area (Å²) < 4.78 is 5.19. The van der Waals surface area contributed by atoms with Crippen molar-refractivity contribution in [3.05, 3.63) is 65.8 Å². The normalized spacial score (nSPS) is 10.4. The summed E-state index contributed by atoms with van der Waals surface area (Å²) >= 11 is 6.01.